The molecule has 2 aromatic rings. The first-order valence-corrected chi connectivity index (χ1v) is 7.48. The number of para-hydroxylation sites is 1. The first kappa shape index (κ1) is 17.8. The monoisotopic (exact) mass is 370 g/mol. The molecule has 3 rings (SSSR count). The number of nitrogens with one attached hydrogen (secondary N) is 1. The zero-order valence-corrected chi connectivity index (χ0v) is 13.0. The molecule has 1 saturated heterocycles. The van der Waals surface area contributed by atoms with Crippen molar-refractivity contribution in [1.29, 1.82) is 0 Å². The van der Waals surface area contributed by atoms with Gasteiger partial charge in [-0.2, -0.15) is 0 Å². The van der Waals surface area contributed by atoms with Gasteiger partial charge in [-0.25, -0.2) is 22.0 Å². The van der Waals surface area contributed by atoms with E-state index in [-0.39, 0.29) is 13.0 Å². The van der Waals surface area contributed by atoms with E-state index in [4.69, 9.17) is 0 Å². The third-order valence-electron chi connectivity index (χ3n) is 4.01. The van der Waals surface area contributed by atoms with Crippen LogP contribution >= 0.6 is 0 Å². The summed E-state index contributed by atoms with van der Waals surface area (Å²) in [7, 11) is 0. The van der Waals surface area contributed by atoms with Gasteiger partial charge in [0.05, 0.1) is 11.6 Å². The predicted octanol–water partition coefficient (Wildman–Crippen LogP) is 3.37. The summed E-state index contributed by atoms with van der Waals surface area (Å²) in [6, 6.07) is 4.54. The zero-order chi connectivity index (χ0) is 19.0. The highest BCUT2D eigenvalue weighted by molar-refractivity contribution is 6.03. The van der Waals surface area contributed by atoms with Crippen molar-refractivity contribution in [3.63, 3.8) is 0 Å². The number of carbonyl (C=O) groups excluding carboxylic acids is 2. The molecule has 9 heteroatoms. The van der Waals surface area contributed by atoms with E-state index in [0.29, 0.717) is 6.07 Å². The van der Waals surface area contributed by atoms with Crippen molar-refractivity contribution in [2.45, 2.75) is 6.42 Å². The number of halogens is 5. The van der Waals surface area contributed by atoms with Gasteiger partial charge in [-0.15, -0.1) is 0 Å². The standard InChI is InChI=1S/C17H11F5N2O2/c18-9-4-5-12(15(22)14(9)21)24-7-8(6-13(24)25)17(26)23-16-10(19)2-1-3-11(16)20/h1-5,8H,6-7H2,(H,23,26). The van der Waals surface area contributed by atoms with Gasteiger partial charge in [0.1, 0.15) is 17.3 Å². The van der Waals surface area contributed by atoms with Crippen LogP contribution in [-0.2, 0) is 9.59 Å². The van der Waals surface area contributed by atoms with Crippen LogP contribution in [0, 0.1) is 35.0 Å². The average molecular weight is 370 g/mol. The number of hydrogen-bond donors (Lipinski definition) is 1. The average Bonchev–Trinajstić information content (AvgIpc) is 2.98. The molecule has 0 saturated carbocycles. The fourth-order valence-electron chi connectivity index (χ4n) is 2.68. The van der Waals surface area contributed by atoms with Gasteiger partial charge in [0.15, 0.2) is 17.5 Å². The lowest BCUT2D eigenvalue weighted by atomic mass is 10.1. The molecule has 4 nitrogen and oxygen atoms in total. The highest BCUT2D eigenvalue weighted by atomic mass is 19.2. The third kappa shape index (κ3) is 3.12. The second-order valence-electron chi connectivity index (χ2n) is 5.69. The maximum Gasteiger partial charge on any atom is 0.229 e. The lowest BCUT2D eigenvalue weighted by Crippen LogP contribution is -2.29. The van der Waals surface area contributed by atoms with Crippen LogP contribution in [0.3, 0.4) is 0 Å². The van der Waals surface area contributed by atoms with E-state index in [1.807, 2.05) is 0 Å². The van der Waals surface area contributed by atoms with Crippen LogP contribution in [0.5, 0.6) is 0 Å². The molecule has 0 aromatic heterocycles. The largest absolute Gasteiger partial charge is 0.321 e. The Morgan fingerprint density at radius 1 is 0.962 bits per heavy atom. The van der Waals surface area contributed by atoms with Crippen LogP contribution in [0.1, 0.15) is 6.42 Å². The Labute approximate surface area is 144 Å². The van der Waals surface area contributed by atoms with Crippen molar-refractivity contribution in [2.24, 2.45) is 5.92 Å². The van der Waals surface area contributed by atoms with Gasteiger partial charge >= 0.3 is 0 Å². The smallest absolute Gasteiger partial charge is 0.229 e. The minimum Gasteiger partial charge on any atom is -0.321 e. The zero-order valence-electron chi connectivity index (χ0n) is 13.0. The summed E-state index contributed by atoms with van der Waals surface area (Å²) in [5.41, 5.74) is -1.18. The molecule has 1 aliphatic heterocycles. The van der Waals surface area contributed by atoms with Gasteiger partial charge in [-0.3, -0.25) is 9.59 Å². The Kier molecular flexibility index (Phi) is 4.62. The molecule has 0 bridgehead atoms. The highest BCUT2D eigenvalue weighted by Gasteiger charge is 2.37. The number of anilines is 2. The second-order valence-corrected chi connectivity index (χ2v) is 5.69. The molecule has 1 aliphatic rings. The van der Waals surface area contributed by atoms with E-state index < -0.39 is 58.2 Å². The molecule has 136 valence electrons. The van der Waals surface area contributed by atoms with Crippen molar-refractivity contribution in [2.75, 3.05) is 16.8 Å². The Hall–Kier alpha value is -2.97. The maximum absolute atomic E-state index is 13.9. The van der Waals surface area contributed by atoms with Crippen molar-refractivity contribution in [1.82, 2.24) is 0 Å². The summed E-state index contributed by atoms with van der Waals surface area (Å²) in [4.78, 5) is 25.0. The summed E-state index contributed by atoms with van der Waals surface area (Å²) in [6.07, 6.45) is -0.375. The number of carbonyl (C=O) groups is 2. The second kappa shape index (κ2) is 6.74. The van der Waals surface area contributed by atoms with Gasteiger partial charge in [0.2, 0.25) is 11.8 Å². The van der Waals surface area contributed by atoms with Crippen LogP contribution in [-0.4, -0.2) is 18.4 Å². The summed E-state index contributed by atoms with van der Waals surface area (Å²) in [5.74, 6) is -9.30. The topological polar surface area (TPSA) is 49.4 Å². The van der Waals surface area contributed by atoms with Crippen LogP contribution in [0.15, 0.2) is 30.3 Å². The van der Waals surface area contributed by atoms with E-state index in [1.165, 1.54) is 0 Å². The van der Waals surface area contributed by atoms with Crippen molar-refractivity contribution in [3.8, 4) is 0 Å². The molecule has 1 unspecified atom stereocenters. The molecule has 1 N–H and O–H groups in total. The molecule has 1 fully saturated rings. The van der Waals surface area contributed by atoms with Crippen molar-refractivity contribution >= 4 is 23.2 Å². The van der Waals surface area contributed by atoms with Gasteiger partial charge in [0.25, 0.3) is 0 Å². The Balaban J connectivity index is 1.80. The van der Waals surface area contributed by atoms with Gasteiger partial charge in [-0.05, 0) is 24.3 Å². The lowest BCUT2D eigenvalue weighted by molar-refractivity contribution is -0.122. The number of hydrogen-bond acceptors (Lipinski definition) is 2. The first-order valence-electron chi connectivity index (χ1n) is 7.48. The summed E-state index contributed by atoms with van der Waals surface area (Å²) < 4.78 is 67.4. The normalized spacial score (nSPS) is 16.9. The van der Waals surface area contributed by atoms with Crippen molar-refractivity contribution in [3.05, 3.63) is 59.4 Å². The summed E-state index contributed by atoms with van der Waals surface area (Å²) in [6.45, 7) is -0.345. The van der Waals surface area contributed by atoms with E-state index >= 15 is 0 Å². The molecule has 2 aromatic carbocycles. The van der Waals surface area contributed by atoms with Crippen LogP contribution in [0.4, 0.5) is 33.3 Å². The molecule has 0 radical (unpaired) electrons. The summed E-state index contributed by atoms with van der Waals surface area (Å²) >= 11 is 0. The number of nitrogens with zero attached hydrogens (tertiary/aromatic N) is 1. The summed E-state index contributed by atoms with van der Waals surface area (Å²) in [5, 5.41) is 2.05. The molecule has 0 spiro atoms. The molecule has 26 heavy (non-hydrogen) atoms. The third-order valence-corrected chi connectivity index (χ3v) is 4.01. The molecule has 1 heterocycles. The Morgan fingerprint density at radius 3 is 2.27 bits per heavy atom. The predicted molar refractivity (Wildman–Crippen MR) is 81.8 cm³/mol. The Bertz CT molecular complexity index is 883. The van der Waals surface area contributed by atoms with E-state index in [2.05, 4.69) is 5.32 Å². The SMILES string of the molecule is O=C(Nc1c(F)cccc1F)C1CC(=O)N(c2ccc(F)c(F)c2F)C1. The van der Waals surface area contributed by atoms with Gasteiger partial charge in [0, 0.05) is 13.0 Å². The number of benzene rings is 2. The van der Waals surface area contributed by atoms with Crippen LogP contribution in [0.2, 0.25) is 0 Å². The molecular formula is C17H11F5N2O2. The fraction of sp³-hybridized carbons (Fsp3) is 0.176. The number of rotatable bonds is 3. The van der Waals surface area contributed by atoms with Crippen LogP contribution < -0.4 is 10.2 Å². The van der Waals surface area contributed by atoms with Crippen LogP contribution in [0.25, 0.3) is 0 Å². The molecule has 1 atom stereocenters. The quantitative estimate of drug-likeness (QED) is 0.665. The minimum absolute atomic E-state index is 0.345. The molecular weight excluding hydrogens is 359 g/mol. The van der Waals surface area contributed by atoms with E-state index in [0.717, 1.165) is 29.2 Å². The minimum atomic E-state index is -1.74. The molecule has 2 amide bonds. The highest BCUT2D eigenvalue weighted by Crippen LogP contribution is 2.30. The molecule has 0 aliphatic carbocycles. The fourth-order valence-corrected chi connectivity index (χ4v) is 2.68. The first-order chi connectivity index (χ1) is 12.3. The van der Waals surface area contributed by atoms with Gasteiger partial charge in [-0.1, -0.05) is 6.07 Å². The lowest BCUT2D eigenvalue weighted by Gasteiger charge is -2.18. The van der Waals surface area contributed by atoms with E-state index in [9.17, 15) is 31.5 Å². The Morgan fingerprint density at radius 2 is 1.62 bits per heavy atom. The maximum atomic E-state index is 13.9. The number of amides is 2. The van der Waals surface area contributed by atoms with E-state index in [1.54, 1.807) is 0 Å². The van der Waals surface area contributed by atoms with Gasteiger partial charge < -0.3 is 10.2 Å². The van der Waals surface area contributed by atoms with Crippen molar-refractivity contribution < 1.29 is 31.5 Å².